The Morgan fingerprint density at radius 2 is 1.57 bits per heavy atom. The molecule has 0 bridgehead atoms. The van der Waals surface area contributed by atoms with Crippen molar-refractivity contribution in [1.82, 2.24) is 0 Å². The van der Waals surface area contributed by atoms with Gasteiger partial charge >= 0.3 is 11.9 Å². The van der Waals surface area contributed by atoms with Crippen LogP contribution in [0.1, 0.15) is 34.1 Å². The zero-order valence-electron chi connectivity index (χ0n) is 12.3. The Hall–Kier alpha value is -2.76. The lowest BCUT2D eigenvalue weighted by atomic mass is 10.1. The summed E-state index contributed by atoms with van der Waals surface area (Å²) in [5.74, 6) is -3.36. The van der Waals surface area contributed by atoms with Gasteiger partial charge in [0.15, 0.2) is 0 Å². The maximum Gasteiger partial charge on any atom is 0.343 e. The molecular formula is C17H14F2O4. The summed E-state index contributed by atoms with van der Waals surface area (Å²) in [6.07, 6.45) is 0.679. The van der Waals surface area contributed by atoms with Gasteiger partial charge < -0.3 is 9.47 Å². The van der Waals surface area contributed by atoms with Crippen molar-refractivity contribution in [2.75, 3.05) is 6.61 Å². The molecule has 0 heterocycles. The summed E-state index contributed by atoms with van der Waals surface area (Å²) in [4.78, 5) is 23.8. The molecule has 0 saturated carbocycles. The number of carbonyl (C=O) groups excluding carboxylic acids is 2. The highest BCUT2D eigenvalue weighted by molar-refractivity contribution is 5.96. The first-order chi connectivity index (χ1) is 11.0. The highest BCUT2D eigenvalue weighted by atomic mass is 19.1. The van der Waals surface area contributed by atoms with E-state index >= 15 is 0 Å². The Morgan fingerprint density at radius 1 is 0.957 bits per heavy atom. The molecule has 0 aliphatic heterocycles. The highest BCUT2D eigenvalue weighted by Gasteiger charge is 2.14. The van der Waals surface area contributed by atoms with Crippen molar-refractivity contribution in [1.29, 1.82) is 0 Å². The summed E-state index contributed by atoms with van der Waals surface area (Å²) < 4.78 is 36.0. The topological polar surface area (TPSA) is 52.6 Å². The van der Waals surface area contributed by atoms with Crippen molar-refractivity contribution in [3.8, 4) is 5.75 Å². The maximum atomic E-state index is 13.1. The van der Waals surface area contributed by atoms with Gasteiger partial charge in [0.2, 0.25) is 0 Å². The van der Waals surface area contributed by atoms with Gasteiger partial charge in [-0.25, -0.2) is 18.4 Å². The van der Waals surface area contributed by atoms with Crippen LogP contribution in [0.4, 0.5) is 8.78 Å². The summed E-state index contributed by atoms with van der Waals surface area (Å²) in [6, 6.07) is 8.16. The fourth-order valence-corrected chi connectivity index (χ4v) is 1.80. The van der Waals surface area contributed by atoms with Gasteiger partial charge in [-0.2, -0.15) is 0 Å². The van der Waals surface area contributed by atoms with E-state index in [2.05, 4.69) is 0 Å². The number of carbonyl (C=O) groups is 2. The minimum Gasteiger partial charge on any atom is -0.462 e. The van der Waals surface area contributed by atoms with Gasteiger partial charge in [-0.05, 0) is 24.6 Å². The second kappa shape index (κ2) is 7.49. The largest absolute Gasteiger partial charge is 0.462 e. The average molecular weight is 320 g/mol. The zero-order valence-corrected chi connectivity index (χ0v) is 12.3. The zero-order chi connectivity index (χ0) is 16.8. The number of hydrogen-bond acceptors (Lipinski definition) is 4. The van der Waals surface area contributed by atoms with E-state index < -0.39 is 23.6 Å². The van der Waals surface area contributed by atoms with Crippen molar-refractivity contribution in [3.63, 3.8) is 0 Å². The van der Waals surface area contributed by atoms with E-state index in [9.17, 15) is 18.4 Å². The molecule has 6 heteroatoms. The van der Waals surface area contributed by atoms with Crippen LogP contribution in [0.5, 0.6) is 5.75 Å². The second-order valence-corrected chi connectivity index (χ2v) is 4.71. The van der Waals surface area contributed by atoms with E-state index in [1.165, 1.54) is 24.3 Å². The van der Waals surface area contributed by atoms with Crippen LogP contribution in [0, 0.1) is 11.6 Å². The molecule has 0 unspecified atom stereocenters. The summed E-state index contributed by atoms with van der Waals surface area (Å²) in [7, 11) is 0. The molecule has 0 aromatic heterocycles. The molecule has 0 aliphatic rings. The molecule has 4 nitrogen and oxygen atoms in total. The SMILES string of the molecule is CCCOC(=O)c1cccc(C(=O)Oc2cc(F)cc(F)c2)c1. The van der Waals surface area contributed by atoms with Crippen molar-refractivity contribution in [2.24, 2.45) is 0 Å². The maximum absolute atomic E-state index is 13.1. The van der Waals surface area contributed by atoms with Gasteiger partial charge in [-0.15, -0.1) is 0 Å². The number of benzene rings is 2. The minimum absolute atomic E-state index is 0.0700. The van der Waals surface area contributed by atoms with Crippen LogP contribution in [0.15, 0.2) is 42.5 Å². The number of hydrogen-bond donors (Lipinski definition) is 0. The molecule has 0 spiro atoms. The molecule has 0 radical (unpaired) electrons. The normalized spacial score (nSPS) is 10.2. The van der Waals surface area contributed by atoms with Gasteiger partial charge in [0.25, 0.3) is 0 Å². The van der Waals surface area contributed by atoms with Crippen molar-refractivity contribution in [2.45, 2.75) is 13.3 Å². The van der Waals surface area contributed by atoms with Gasteiger partial charge in [-0.3, -0.25) is 0 Å². The first-order valence-corrected chi connectivity index (χ1v) is 6.95. The summed E-state index contributed by atoms with van der Waals surface area (Å²) in [5.41, 5.74) is 0.263. The Morgan fingerprint density at radius 3 is 2.17 bits per heavy atom. The Bertz CT molecular complexity index is 708. The number of ether oxygens (including phenoxy) is 2. The fourth-order valence-electron chi connectivity index (χ4n) is 1.80. The molecule has 120 valence electrons. The molecule has 23 heavy (non-hydrogen) atoms. The molecule has 2 aromatic rings. The van der Waals surface area contributed by atoms with Crippen molar-refractivity contribution >= 4 is 11.9 Å². The molecule has 0 aliphatic carbocycles. The van der Waals surface area contributed by atoms with Gasteiger partial charge in [-0.1, -0.05) is 13.0 Å². The Labute approximate surface area is 131 Å². The number of esters is 2. The number of halogens is 2. The fraction of sp³-hybridized carbons (Fsp3) is 0.176. The van der Waals surface area contributed by atoms with Crippen LogP contribution in [0.2, 0.25) is 0 Å². The van der Waals surface area contributed by atoms with Gasteiger partial charge in [0.1, 0.15) is 17.4 Å². The Kier molecular flexibility index (Phi) is 5.41. The van der Waals surface area contributed by atoms with Gasteiger partial charge in [0, 0.05) is 18.2 Å². The lowest BCUT2D eigenvalue weighted by Gasteiger charge is -2.07. The smallest absolute Gasteiger partial charge is 0.343 e. The van der Waals surface area contributed by atoms with E-state index in [1.54, 1.807) is 0 Å². The van der Waals surface area contributed by atoms with E-state index in [-0.39, 0.29) is 23.5 Å². The van der Waals surface area contributed by atoms with E-state index in [1.807, 2.05) is 6.92 Å². The summed E-state index contributed by atoms with van der Waals surface area (Å²) in [5, 5.41) is 0. The van der Waals surface area contributed by atoms with E-state index in [4.69, 9.17) is 9.47 Å². The molecule has 2 rings (SSSR count). The predicted octanol–water partition coefficient (Wildman–Crippen LogP) is 3.75. The minimum atomic E-state index is -0.857. The summed E-state index contributed by atoms with van der Waals surface area (Å²) in [6.45, 7) is 2.13. The molecule has 0 amide bonds. The monoisotopic (exact) mass is 320 g/mol. The lowest BCUT2D eigenvalue weighted by Crippen LogP contribution is -2.11. The van der Waals surface area contributed by atoms with Crippen LogP contribution in [-0.4, -0.2) is 18.5 Å². The third-order valence-electron chi connectivity index (χ3n) is 2.82. The van der Waals surface area contributed by atoms with E-state index in [0.29, 0.717) is 12.5 Å². The molecule has 0 saturated heterocycles. The van der Waals surface area contributed by atoms with Crippen molar-refractivity contribution < 1.29 is 27.8 Å². The van der Waals surface area contributed by atoms with Crippen molar-refractivity contribution in [3.05, 3.63) is 65.2 Å². The standard InChI is InChI=1S/C17H14F2O4/c1-2-6-22-16(20)11-4-3-5-12(7-11)17(21)23-15-9-13(18)8-14(19)10-15/h3-5,7-10H,2,6H2,1H3. The van der Waals surface area contributed by atoms with Crippen LogP contribution < -0.4 is 4.74 Å². The lowest BCUT2D eigenvalue weighted by molar-refractivity contribution is 0.0505. The quantitative estimate of drug-likeness (QED) is 0.622. The highest BCUT2D eigenvalue weighted by Crippen LogP contribution is 2.17. The first kappa shape index (κ1) is 16.6. The predicted molar refractivity (Wildman–Crippen MR) is 78.3 cm³/mol. The van der Waals surface area contributed by atoms with Crippen LogP contribution in [-0.2, 0) is 4.74 Å². The average Bonchev–Trinajstić information content (AvgIpc) is 2.51. The molecule has 0 N–H and O–H groups in total. The molecule has 0 fully saturated rings. The third kappa shape index (κ3) is 4.60. The number of rotatable bonds is 5. The van der Waals surface area contributed by atoms with E-state index in [0.717, 1.165) is 12.1 Å². The third-order valence-corrected chi connectivity index (χ3v) is 2.82. The van der Waals surface area contributed by atoms with Crippen LogP contribution in [0.3, 0.4) is 0 Å². The molecule has 2 aromatic carbocycles. The molecular weight excluding hydrogens is 306 g/mol. The molecule has 0 atom stereocenters. The Balaban J connectivity index is 2.14. The van der Waals surface area contributed by atoms with Gasteiger partial charge in [0.05, 0.1) is 17.7 Å². The first-order valence-electron chi connectivity index (χ1n) is 6.95. The second-order valence-electron chi connectivity index (χ2n) is 4.71. The summed E-state index contributed by atoms with van der Waals surface area (Å²) >= 11 is 0. The van der Waals surface area contributed by atoms with Crippen LogP contribution >= 0.6 is 0 Å². The van der Waals surface area contributed by atoms with Crippen LogP contribution in [0.25, 0.3) is 0 Å².